The van der Waals surface area contributed by atoms with Crippen LogP contribution in [0.4, 0.5) is 5.69 Å². The van der Waals surface area contributed by atoms with Crippen LogP contribution in [0.2, 0.25) is 5.02 Å². The quantitative estimate of drug-likeness (QED) is 0.714. The molecule has 0 spiro atoms. The van der Waals surface area contributed by atoms with Crippen LogP contribution in [0.1, 0.15) is 11.1 Å². The molecule has 0 saturated heterocycles. The van der Waals surface area contributed by atoms with Gasteiger partial charge in [0.2, 0.25) is 0 Å². The Hall–Kier alpha value is -2.79. The Kier molecular flexibility index (Phi) is 4.76. The molecular weight excluding hydrogens is 342 g/mol. The number of carbonyl (C=O) groups excluding carboxylic acids is 1. The van der Waals surface area contributed by atoms with Gasteiger partial charge in [0.05, 0.1) is 10.7 Å². The first-order valence-corrected chi connectivity index (χ1v) is 8.03. The second-order valence-corrected chi connectivity index (χ2v) is 6.14. The predicted octanol–water partition coefficient (Wildman–Crippen LogP) is 4.08. The number of aryl methyl sites for hydroxylation is 2. The van der Waals surface area contributed by atoms with Crippen LogP contribution in [0.15, 0.2) is 51.7 Å². The molecule has 3 rings (SSSR count). The lowest BCUT2D eigenvalue weighted by Crippen LogP contribution is -2.21. The van der Waals surface area contributed by atoms with E-state index in [4.69, 9.17) is 20.8 Å². The maximum absolute atomic E-state index is 12.1. The fourth-order valence-electron chi connectivity index (χ4n) is 2.53. The van der Waals surface area contributed by atoms with E-state index in [1.165, 1.54) is 6.07 Å². The summed E-state index contributed by atoms with van der Waals surface area (Å²) in [4.78, 5) is 23.4. The summed E-state index contributed by atoms with van der Waals surface area (Å²) < 4.78 is 10.6. The van der Waals surface area contributed by atoms with Gasteiger partial charge in [-0.1, -0.05) is 17.7 Å². The van der Waals surface area contributed by atoms with Gasteiger partial charge < -0.3 is 14.5 Å². The third-order valence-electron chi connectivity index (χ3n) is 3.66. The van der Waals surface area contributed by atoms with Gasteiger partial charge in [0, 0.05) is 17.5 Å². The second-order valence-electron chi connectivity index (χ2n) is 5.73. The van der Waals surface area contributed by atoms with E-state index < -0.39 is 5.63 Å². The van der Waals surface area contributed by atoms with Gasteiger partial charge in [0.1, 0.15) is 11.3 Å². The van der Waals surface area contributed by atoms with Crippen molar-refractivity contribution in [3.8, 4) is 5.75 Å². The molecule has 0 aliphatic carbocycles. The molecule has 6 heteroatoms. The van der Waals surface area contributed by atoms with Crippen LogP contribution in [0.3, 0.4) is 0 Å². The van der Waals surface area contributed by atoms with Crippen molar-refractivity contribution in [1.29, 1.82) is 0 Å². The highest BCUT2D eigenvalue weighted by atomic mass is 35.5. The van der Waals surface area contributed by atoms with E-state index in [1.807, 2.05) is 19.9 Å². The van der Waals surface area contributed by atoms with Crippen LogP contribution in [0.25, 0.3) is 11.0 Å². The third-order valence-corrected chi connectivity index (χ3v) is 3.96. The smallest absolute Gasteiger partial charge is 0.336 e. The normalized spacial score (nSPS) is 10.7. The van der Waals surface area contributed by atoms with Gasteiger partial charge >= 0.3 is 5.63 Å². The molecule has 3 aromatic rings. The number of hydrogen-bond donors (Lipinski definition) is 1. The molecule has 0 unspecified atom stereocenters. The highest BCUT2D eigenvalue weighted by Crippen LogP contribution is 2.27. The molecule has 25 heavy (non-hydrogen) atoms. The van der Waals surface area contributed by atoms with E-state index >= 15 is 0 Å². The Bertz CT molecular complexity index is 987. The van der Waals surface area contributed by atoms with Crippen molar-refractivity contribution in [2.24, 2.45) is 0 Å². The number of ether oxygens (including phenoxy) is 1. The third kappa shape index (κ3) is 4.00. The molecule has 1 N–H and O–H groups in total. The van der Waals surface area contributed by atoms with E-state index in [1.54, 1.807) is 30.3 Å². The predicted molar refractivity (Wildman–Crippen MR) is 97.5 cm³/mol. The Morgan fingerprint density at radius 3 is 2.68 bits per heavy atom. The summed E-state index contributed by atoms with van der Waals surface area (Å²) >= 11 is 6.18. The average Bonchev–Trinajstić information content (AvgIpc) is 2.55. The number of anilines is 1. The number of fused-ring (bicyclic) bond motifs is 1. The van der Waals surface area contributed by atoms with Crippen LogP contribution in [-0.2, 0) is 4.79 Å². The van der Waals surface area contributed by atoms with Gasteiger partial charge in [-0.3, -0.25) is 4.79 Å². The van der Waals surface area contributed by atoms with Crippen LogP contribution in [0.5, 0.6) is 5.75 Å². The minimum absolute atomic E-state index is 0.188. The molecule has 128 valence electrons. The van der Waals surface area contributed by atoms with Crippen molar-refractivity contribution in [3.05, 3.63) is 69.0 Å². The van der Waals surface area contributed by atoms with Crippen molar-refractivity contribution >= 4 is 34.2 Å². The van der Waals surface area contributed by atoms with Crippen molar-refractivity contribution < 1.29 is 13.9 Å². The van der Waals surface area contributed by atoms with Crippen molar-refractivity contribution in [1.82, 2.24) is 0 Å². The molecule has 0 fully saturated rings. The van der Waals surface area contributed by atoms with Crippen LogP contribution in [-0.4, -0.2) is 12.5 Å². The summed E-state index contributed by atoms with van der Waals surface area (Å²) in [6, 6.07) is 11.8. The van der Waals surface area contributed by atoms with Gasteiger partial charge in [0.15, 0.2) is 6.61 Å². The molecule has 2 aromatic carbocycles. The minimum Gasteiger partial charge on any atom is -0.484 e. The summed E-state index contributed by atoms with van der Waals surface area (Å²) in [5.41, 5.74) is 2.44. The molecule has 0 radical (unpaired) electrons. The fraction of sp³-hybridized carbons (Fsp3) is 0.158. The van der Waals surface area contributed by atoms with Gasteiger partial charge in [-0.15, -0.1) is 0 Å². The number of rotatable bonds is 4. The number of amides is 1. The number of halogens is 1. The molecule has 1 aromatic heterocycles. The largest absolute Gasteiger partial charge is 0.484 e. The monoisotopic (exact) mass is 357 g/mol. The Morgan fingerprint density at radius 2 is 1.92 bits per heavy atom. The summed E-state index contributed by atoms with van der Waals surface area (Å²) in [5, 5.41) is 4.01. The zero-order valence-electron chi connectivity index (χ0n) is 13.8. The summed E-state index contributed by atoms with van der Waals surface area (Å²) in [6.07, 6.45) is 0. The van der Waals surface area contributed by atoms with Gasteiger partial charge in [0.25, 0.3) is 5.91 Å². The Labute approximate surface area is 149 Å². The number of carbonyl (C=O) groups is 1. The lowest BCUT2D eigenvalue weighted by molar-refractivity contribution is -0.118. The molecule has 0 aliphatic heterocycles. The van der Waals surface area contributed by atoms with Crippen LogP contribution in [0, 0.1) is 13.8 Å². The van der Waals surface area contributed by atoms with Crippen LogP contribution >= 0.6 is 11.6 Å². The van der Waals surface area contributed by atoms with Crippen molar-refractivity contribution in [2.75, 3.05) is 11.9 Å². The summed E-state index contributed by atoms with van der Waals surface area (Å²) in [6.45, 7) is 3.62. The Morgan fingerprint density at radius 1 is 1.16 bits per heavy atom. The zero-order chi connectivity index (χ0) is 18.0. The first-order valence-electron chi connectivity index (χ1n) is 7.66. The molecule has 0 atom stereocenters. The fourth-order valence-corrected chi connectivity index (χ4v) is 2.90. The number of nitrogens with one attached hydrogen (secondary N) is 1. The van der Waals surface area contributed by atoms with E-state index in [-0.39, 0.29) is 12.5 Å². The van der Waals surface area contributed by atoms with E-state index in [0.717, 1.165) is 16.5 Å². The standard InChI is InChI=1S/C19H16ClNO4/c1-11-7-12(2)19(15(20)8-11)21-17(22)10-24-14-5-3-13-4-6-18(23)25-16(13)9-14/h3-9H,10H2,1-2H3,(H,21,22). The lowest BCUT2D eigenvalue weighted by Gasteiger charge is -2.12. The minimum atomic E-state index is -0.438. The van der Waals surface area contributed by atoms with Gasteiger partial charge in [-0.25, -0.2) is 4.79 Å². The lowest BCUT2D eigenvalue weighted by atomic mass is 10.1. The molecular formula is C19H16ClNO4. The maximum atomic E-state index is 12.1. The maximum Gasteiger partial charge on any atom is 0.336 e. The van der Waals surface area contributed by atoms with Crippen molar-refractivity contribution in [3.63, 3.8) is 0 Å². The van der Waals surface area contributed by atoms with E-state index in [9.17, 15) is 9.59 Å². The Balaban J connectivity index is 1.69. The summed E-state index contributed by atoms with van der Waals surface area (Å²) in [7, 11) is 0. The zero-order valence-corrected chi connectivity index (χ0v) is 14.5. The van der Waals surface area contributed by atoms with Gasteiger partial charge in [-0.05, 0) is 49.2 Å². The first kappa shape index (κ1) is 17.0. The molecule has 5 nitrogen and oxygen atoms in total. The van der Waals surface area contributed by atoms with E-state index in [0.29, 0.717) is 22.0 Å². The number of benzene rings is 2. The van der Waals surface area contributed by atoms with Gasteiger partial charge in [-0.2, -0.15) is 0 Å². The highest BCUT2D eigenvalue weighted by molar-refractivity contribution is 6.34. The second kappa shape index (κ2) is 6.99. The molecule has 0 aliphatic rings. The topological polar surface area (TPSA) is 68.5 Å². The van der Waals surface area contributed by atoms with E-state index in [2.05, 4.69) is 5.32 Å². The molecule has 0 saturated carbocycles. The number of hydrogen-bond acceptors (Lipinski definition) is 4. The molecule has 1 amide bonds. The highest BCUT2D eigenvalue weighted by Gasteiger charge is 2.10. The first-order chi connectivity index (χ1) is 11.9. The average molecular weight is 358 g/mol. The van der Waals surface area contributed by atoms with Crippen LogP contribution < -0.4 is 15.7 Å². The SMILES string of the molecule is Cc1cc(C)c(NC(=O)COc2ccc3ccc(=O)oc3c2)c(Cl)c1. The van der Waals surface area contributed by atoms with Crippen molar-refractivity contribution in [2.45, 2.75) is 13.8 Å². The molecule has 1 heterocycles. The summed E-state index contributed by atoms with van der Waals surface area (Å²) in [5.74, 6) is 0.104. The molecule has 0 bridgehead atoms.